The minimum Gasteiger partial charge on any atom is -0.449 e. The van der Waals surface area contributed by atoms with E-state index in [1.165, 1.54) is 0 Å². The summed E-state index contributed by atoms with van der Waals surface area (Å²) in [5, 5.41) is 23.2. The van der Waals surface area contributed by atoms with Crippen molar-refractivity contribution in [2.75, 3.05) is 24.6 Å². The molecular weight excluding hydrogens is 414 g/mol. The maximum Gasteiger partial charge on any atom is 0.407 e. The van der Waals surface area contributed by atoms with Crippen LogP contribution < -0.4 is 10.2 Å². The Morgan fingerprint density at radius 1 is 1.09 bits per heavy atom. The van der Waals surface area contributed by atoms with Crippen LogP contribution in [-0.4, -0.2) is 41.5 Å². The van der Waals surface area contributed by atoms with Gasteiger partial charge in [-0.15, -0.1) is 10.2 Å². The molecule has 0 atom stereocenters. The highest BCUT2D eigenvalue weighted by Crippen LogP contribution is 2.33. The number of nitrogens with one attached hydrogen (secondary N) is 1. The number of nitriles is 1. The smallest absolute Gasteiger partial charge is 0.407 e. The number of anilines is 1. The number of benzene rings is 2. The first-order valence-corrected chi connectivity index (χ1v) is 11.3. The van der Waals surface area contributed by atoms with Gasteiger partial charge in [-0.3, -0.25) is 0 Å². The van der Waals surface area contributed by atoms with E-state index in [2.05, 4.69) is 38.6 Å². The van der Waals surface area contributed by atoms with Crippen molar-refractivity contribution in [2.24, 2.45) is 5.92 Å². The largest absolute Gasteiger partial charge is 0.449 e. The third kappa shape index (κ3) is 5.40. The Bertz CT molecular complexity index is 1170. The molecular formula is C26H29N5O2. The quantitative estimate of drug-likeness (QED) is 0.616. The van der Waals surface area contributed by atoms with Crippen molar-refractivity contribution in [2.45, 2.75) is 39.2 Å². The molecule has 1 aromatic heterocycles. The molecule has 1 amide bonds. The summed E-state index contributed by atoms with van der Waals surface area (Å²) in [6, 6.07) is 17.7. The molecule has 0 spiro atoms. The lowest BCUT2D eigenvalue weighted by atomic mass is 9.97. The van der Waals surface area contributed by atoms with Crippen molar-refractivity contribution in [1.82, 2.24) is 15.5 Å². The van der Waals surface area contributed by atoms with E-state index in [1.54, 1.807) is 12.1 Å². The highest BCUT2D eigenvalue weighted by Gasteiger charge is 2.24. The maximum absolute atomic E-state index is 11.9. The molecule has 1 saturated heterocycles. The third-order valence-corrected chi connectivity index (χ3v) is 5.80. The van der Waals surface area contributed by atoms with Crippen LogP contribution in [0.4, 0.5) is 10.6 Å². The lowest BCUT2D eigenvalue weighted by Crippen LogP contribution is -2.42. The van der Waals surface area contributed by atoms with Crippen LogP contribution in [0.2, 0.25) is 0 Å². The molecule has 0 unspecified atom stereocenters. The number of ether oxygens (including phenoxy) is 1. The summed E-state index contributed by atoms with van der Waals surface area (Å²) in [6.07, 6.45) is 1.49. The van der Waals surface area contributed by atoms with Gasteiger partial charge in [0, 0.05) is 35.0 Å². The van der Waals surface area contributed by atoms with Gasteiger partial charge in [0.2, 0.25) is 0 Å². The Kier molecular flexibility index (Phi) is 6.45. The number of carbonyl (C=O) groups is 1. The monoisotopic (exact) mass is 443 g/mol. The van der Waals surface area contributed by atoms with E-state index in [0.29, 0.717) is 18.1 Å². The fourth-order valence-corrected chi connectivity index (χ4v) is 4.09. The summed E-state index contributed by atoms with van der Waals surface area (Å²) in [4.78, 5) is 14.2. The predicted octanol–water partition coefficient (Wildman–Crippen LogP) is 4.91. The second kappa shape index (κ2) is 9.45. The number of aromatic nitrogens is 2. The summed E-state index contributed by atoms with van der Waals surface area (Å²) >= 11 is 0. The average Bonchev–Trinajstić information content (AvgIpc) is 2.81. The second-order valence-electron chi connectivity index (χ2n) is 9.51. The molecule has 0 bridgehead atoms. The molecule has 0 aliphatic carbocycles. The fourth-order valence-electron chi connectivity index (χ4n) is 4.09. The maximum atomic E-state index is 11.9. The molecule has 1 fully saturated rings. The number of rotatable bonds is 4. The van der Waals surface area contributed by atoms with E-state index in [1.807, 2.05) is 45.0 Å². The molecule has 33 heavy (non-hydrogen) atoms. The number of nitrogens with zero attached hydrogens (tertiary/aromatic N) is 4. The van der Waals surface area contributed by atoms with Crippen LogP contribution in [0.1, 0.15) is 39.2 Å². The Balaban J connectivity index is 1.47. The van der Waals surface area contributed by atoms with Crippen LogP contribution in [0.15, 0.2) is 48.5 Å². The zero-order valence-electron chi connectivity index (χ0n) is 19.3. The standard InChI is InChI=1S/C26H29N5O2/c1-26(2,3)28-25(32)33-17-19-12-14-31(15-13-19)24-22-7-5-4-6-21(22)23(29-30-24)20-10-8-18(16-27)9-11-20/h4-11,19H,12-15,17H2,1-3H3,(H,28,32). The summed E-state index contributed by atoms with van der Waals surface area (Å²) in [6.45, 7) is 7.91. The van der Waals surface area contributed by atoms with Crippen LogP contribution in [0.3, 0.4) is 0 Å². The Morgan fingerprint density at radius 2 is 1.76 bits per heavy atom. The summed E-state index contributed by atoms with van der Waals surface area (Å²) in [7, 11) is 0. The molecule has 170 valence electrons. The number of amides is 1. The summed E-state index contributed by atoms with van der Waals surface area (Å²) in [5.74, 6) is 1.22. The summed E-state index contributed by atoms with van der Waals surface area (Å²) < 4.78 is 5.43. The van der Waals surface area contributed by atoms with Crippen molar-refractivity contribution in [3.05, 3.63) is 54.1 Å². The van der Waals surface area contributed by atoms with E-state index < -0.39 is 0 Å². The fraction of sp³-hybridized carbons (Fsp3) is 0.385. The molecule has 7 nitrogen and oxygen atoms in total. The van der Waals surface area contributed by atoms with Crippen molar-refractivity contribution in [3.63, 3.8) is 0 Å². The molecule has 7 heteroatoms. The van der Waals surface area contributed by atoms with Gasteiger partial charge < -0.3 is 15.0 Å². The SMILES string of the molecule is CC(C)(C)NC(=O)OCC1CCN(c2nnc(-c3ccc(C#N)cc3)c3ccccc23)CC1. The lowest BCUT2D eigenvalue weighted by Gasteiger charge is -2.33. The highest BCUT2D eigenvalue weighted by atomic mass is 16.5. The normalized spacial score (nSPS) is 14.7. The number of alkyl carbamates (subject to hydrolysis) is 1. The van der Waals surface area contributed by atoms with Gasteiger partial charge in [-0.25, -0.2) is 4.79 Å². The van der Waals surface area contributed by atoms with Crippen LogP contribution in [0, 0.1) is 17.2 Å². The first kappa shape index (κ1) is 22.5. The zero-order chi connectivity index (χ0) is 23.4. The number of hydrogen-bond donors (Lipinski definition) is 1. The van der Waals surface area contributed by atoms with Crippen molar-refractivity contribution < 1.29 is 9.53 Å². The number of hydrogen-bond acceptors (Lipinski definition) is 6. The van der Waals surface area contributed by atoms with E-state index in [-0.39, 0.29) is 11.6 Å². The van der Waals surface area contributed by atoms with Crippen LogP contribution in [-0.2, 0) is 4.74 Å². The van der Waals surface area contributed by atoms with Gasteiger partial charge in [-0.2, -0.15) is 5.26 Å². The average molecular weight is 444 g/mol. The van der Waals surface area contributed by atoms with Gasteiger partial charge in [-0.1, -0.05) is 36.4 Å². The van der Waals surface area contributed by atoms with Gasteiger partial charge in [0.25, 0.3) is 0 Å². The topological polar surface area (TPSA) is 91.1 Å². The molecule has 1 aliphatic rings. The van der Waals surface area contributed by atoms with Crippen molar-refractivity contribution >= 4 is 22.7 Å². The van der Waals surface area contributed by atoms with E-state index in [4.69, 9.17) is 10.00 Å². The first-order valence-electron chi connectivity index (χ1n) is 11.3. The lowest BCUT2D eigenvalue weighted by molar-refractivity contribution is 0.113. The molecule has 1 N–H and O–H groups in total. The van der Waals surface area contributed by atoms with Crippen LogP contribution >= 0.6 is 0 Å². The van der Waals surface area contributed by atoms with Gasteiger partial charge in [0.1, 0.15) is 5.69 Å². The van der Waals surface area contributed by atoms with E-state index in [0.717, 1.165) is 53.8 Å². The third-order valence-electron chi connectivity index (χ3n) is 5.80. The number of piperidine rings is 1. The summed E-state index contributed by atoms with van der Waals surface area (Å²) in [5.41, 5.74) is 2.07. The second-order valence-corrected chi connectivity index (χ2v) is 9.51. The number of fused-ring (bicyclic) bond motifs is 1. The number of carbonyl (C=O) groups excluding carboxylic acids is 1. The molecule has 4 rings (SSSR count). The molecule has 0 radical (unpaired) electrons. The van der Waals surface area contributed by atoms with Gasteiger partial charge in [0.05, 0.1) is 18.2 Å². The Labute approximate surface area is 194 Å². The Hall–Kier alpha value is -3.66. The molecule has 2 heterocycles. The first-order chi connectivity index (χ1) is 15.8. The predicted molar refractivity (Wildman–Crippen MR) is 129 cm³/mol. The molecule has 3 aromatic rings. The molecule has 1 aliphatic heterocycles. The van der Waals surface area contributed by atoms with Crippen LogP contribution in [0.5, 0.6) is 0 Å². The van der Waals surface area contributed by atoms with E-state index in [9.17, 15) is 4.79 Å². The minimum absolute atomic E-state index is 0.301. The van der Waals surface area contributed by atoms with Gasteiger partial charge in [0.15, 0.2) is 5.82 Å². The van der Waals surface area contributed by atoms with E-state index >= 15 is 0 Å². The minimum atomic E-state index is -0.361. The highest BCUT2D eigenvalue weighted by molar-refractivity contribution is 6.00. The van der Waals surface area contributed by atoms with Gasteiger partial charge in [-0.05, 0) is 51.7 Å². The molecule has 2 aromatic carbocycles. The van der Waals surface area contributed by atoms with Crippen LogP contribution in [0.25, 0.3) is 22.0 Å². The van der Waals surface area contributed by atoms with Gasteiger partial charge >= 0.3 is 6.09 Å². The van der Waals surface area contributed by atoms with Crippen molar-refractivity contribution in [1.29, 1.82) is 5.26 Å². The zero-order valence-corrected chi connectivity index (χ0v) is 19.3. The van der Waals surface area contributed by atoms with Crippen molar-refractivity contribution in [3.8, 4) is 17.3 Å². The Morgan fingerprint density at radius 3 is 2.39 bits per heavy atom. The molecule has 0 saturated carbocycles.